The van der Waals surface area contributed by atoms with E-state index in [1.807, 2.05) is 42.5 Å². The number of hydrogen-bond donors (Lipinski definition) is 0. The molecule has 0 aliphatic heterocycles. The van der Waals surface area contributed by atoms with E-state index in [2.05, 4.69) is 37.8 Å². The lowest BCUT2D eigenvalue weighted by molar-refractivity contribution is 0.414. The summed E-state index contributed by atoms with van der Waals surface area (Å²) < 4.78 is 11.5. The predicted octanol–water partition coefficient (Wildman–Crippen LogP) is 5.04. The van der Waals surface area contributed by atoms with Crippen molar-refractivity contribution in [3.63, 3.8) is 0 Å². The molecule has 0 radical (unpaired) electrons. The highest BCUT2D eigenvalue weighted by Gasteiger charge is 2.18. The number of benzene rings is 2. The lowest BCUT2D eigenvalue weighted by atomic mass is 10.1. The molecule has 2 rings (SSSR count). The molecule has 0 saturated heterocycles. The van der Waals surface area contributed by atoms with Crippen LogP contribution in [0.25, 0.3) is 11.8 Å². The molecular weight excluding hydrogens is 276 g/mol. The molecule has 0 aliphatic carbocycles. The molecule has 0 unspecified atom stereocenters. The third-order valence-corrected chi connectivity index (χ3v) is 3.72. The molecular formula is C18H22O2Si. The Morgan fingerprint density at radius 2 is 1.52 bits per heavy atom. The van der Waals surface area contributed by atoms with E-state index in [0.717, 1.165) is 22.6 Å². The molecule has 0 amide bonds. The van der Waals surface area contributed by atoms with E-state index < -0.39 is 8.32 Å². The van der Waals surface area contributed by atoms with Crippen LogP contribution in [0.4, 0.5) is 0 Å². The summed E-state index contributed by atoms with van der Waals surface area (Å²) in [6, 6.07) is 18.2. The first kappa shape index (κ1) is 15.4. The summed E-state index contributed by atoms with van der Waals surface area (Å²) in [4.78, 5) is 0. The van der Waals surface area contributed by atoms with Crippen molar-refractivity contribution < 1.29 is 9.16 Å². The highest BCUT2D eigenvalue weighted by atomic mass is 28.4. The summed E-state index contributed by atoms with van der Waals surface area (Å²) in [5, 5.41) is 0. The first-order valence-electron chi connectivity index (χ1n) is 7.08. The zero-order valence-corrected chi connectivity index (χ0v) is 14.1. The van der Waals surface area contributed by atoms with Gasteiger partial charge < -0.3 is 9.16 Å². The molecule has 3 heteroatoms. The fraction of sp³-hybridized carbons (Fsp3) is 0.222. The van der Waals surface area contributed by atoms with Gasteiger partial charge in [-0.3, -0.25) is 0 Å². The van der Waals surface area contributed by atoms with Crippen LogP contribution in [-0.4, -0.2) is 15.4 Å². The smallest absolute Gasteiger partial charge is 0.242 e. The van der Waals surface area contributed by atoms with E-state index in [0.29, 0.717) is 0 Å². The van der Waals surface area contributed by atoms with Crippen molar-refractivity contribution in [2.75, 3.05) is 7.11 Å². The summed E-state index contributed by atoms with van der Waals surface area (Å²) in [6.45, 7) is 6.57. The van der Waals surface area contributed by atoms with Crippen molar-refractivity contribution in [2.24, 2.45) is 0 Å². The zero-order chi connectivity index (χ0) is 15.3. The van der Waals surface area contributed by atoms with E-state index in [9.17, 15) is 0 Å². The van der Waals surface area contributed by atoms with Crippen LogP contribution < -0.4 is 4.74 Å². The fourth-order valence-electron chi connectivity index (χ4n) is 1.96. The fourth-order valence-corrected chi connectivity index (χ4v) is 2.79. The molecule has 21 heavy (non-hydrogen) atoms. The number of ether oxygens (including phenoxy) is 1. The Morgan fingerprint density at radius 3 is 2.05 bits per heavy atom. The number of methoxy groups -OCH3 is 1. The molecule has 2 aromatic carbocycles. The van der Waals surface area contributed by atoms with Crippen LogP contribution >= 0.6 is 0 Å². The number of rotatable bonds is 5. The van der Waals surface area contributed by atoms with E-state index >= 15 is 0 Å². The molecule has 0 spiro atoms. The molecule has 0 N–H and O–H groups in total. The first-order valence-corrected chi connectivity index (χ1v) is 10.5. The Hall–Kier alpha value is -2.00. The van der Waals surface area contributed by atoms with Crippen LogP contribution in [0.15, 0.2) is 54.6 Å². The second kappa shape index (κ2) is 6.63. The quantitative estimate of drug-likeness (QED) is 0.437. The third-order valence-electron chi connectivity index (χ3n) is 2.89. The van der Waals surface area contributed by atoms with E-state index in [4.69, 9.17) is 9.16 Å². The summed E-state index contributed by atoms with van der Waals surface area (Å²) in [6.07, 6.45) is 2.10. The van der Waals surface area contributed by atoms with Crippen molar-refractivity contribution in [2.45, 2.75) is 19.6 Å². The van der Waals surface area contributed by atoms with Gasteiger partial charge >= 0.3 is 0 Å². The second-order valence-corrected chi connectivity index (χ2v) is 10.3. The predicted molar refractivity (Wildman–Crippen MR) is 91.7 cm³/mol. The molecule has 0 fully saturated rings. The van der Waals surface area contributed by atoms with E-state index in [1.54, 1.807) is 7.11 Å². The molecule has 0 aliphatic rings. The van der Waals surface area contributed by atoms with Gasteiger partial charge in [-0.15, -0.1) is 0 Å². The third kappa shape index (κ3) is 4.79. The van der Waals surface area contributed by atoms with Crippen molar-refractivity contribution in [3.05, 3.63) is 65.7 Å². The van der Waals surface area contributed by atoms with Gasteiger partial charge in [-0.05, 0) is 55.5 Å². The van der Waals surface area contributed by atoms with Gasteiger partial charge in [0.2, 0.25) is 8.32 Å². The molecule has 0 heterocycles. The highest BCUT2D eigenvalue weighted by Crippen LogP contribution is 2.25. The minimum Gasteiger partial charge on any atom is -0.544 e. The number of hydrogen-bond acceptors (Lipinski definition) is 2. The molecule has 0 saturated carbocycles. The van der Waals surface area contributed by atoms with Crippen molar-refractivity contribution in [1.29, 1.82) is 0 Å². The van der Waals surface area contributed by atoms with Crippen LogP contribution in [0.5, 0.6) is 5.75 Å². The van der Waals surface area contributed by atoms with Crippen LogP contribution in [0, 0.1) is 0 Å². The van der Waals surface area contributed by atoms with E-state index in [1.165, 1.54) is 0 Å². The van der Waals surface area contributed by atoms with Gasteiger partial charge in [-0.1, -0.05) is 30.3 Å². The summed E-state index contributed by atoms with van der Waals surface area (Å²) in [7, 11) is -0.00348. The van der Waals surface area contributed by atoms with Crippen molar-refractivity contribution in [3.8, 4) is 5.75 Å². The zero-order valence-electron chi connectivity index (χ0n) is 13.1. The largest absolute Gasteiger partial charge is 0.544 e. The van der Waals surface area contributed by atoms with Crippen LogP contribution in [0.3, 0.4) is 0 Å². The average molecular weight is 298 g/mol. The Bertz CT molecular complexity index is 595. The van der Waals surface area contributed by atoms with Gasteiger partial charge in [-0.25, -0.2) is 0 Å². The van der Waals surface area contributed by atoms with Gasteiger partial charge in [0.05, 0.1) is 7.11 Å². The highest BCUT2D eigenvalue weighted by molar-refractivity contribution is 6.70. The van der Waals surface area contributed by atoms with Gasteiger partial charge in [0.25, 0.3) is 0 Å². The summed E-state index contributed by atoms with van der Waals surface area (Å²) >= 11 is 0. The molecule has 110 valence electrons. The van der Waals surface area contributed by atoms with Crippen molar-refractivity contribution >= 4 is 20.2 Å². The Labute approximate surface area is 128 Å². The topological polar surface area (TPSA) is 18.5 Å². The minimum atomic E-state index is -1.68. The molecule has 0 bridgehead atoms. The summed E-state index contributed by atoms with van der Waals surface area (Å²) in [5.74, 6) is 1.77. The first-order chi connectivity index (χ1) is 9.98. The maximum absolute atomic E-state index is 6.26. The van der Waals surface area contributed by atoms with Crippen LogP contribution in [0.1, 0.15) is 11.1 Å². The van der Waals surface area contributed by atoms with Crippen LogP contribution in [0.2, 0.25) is 19.6 Å². The average Bonchev–Trinajstić information content (AvgIpc) is 2.46. The monoisotopic (exact) mass is 298 g/mol. The lowest BCUT2D eigenvalue weighted by Crippen LogP contribution is -2.24. The second-order valence-electron chi connectivity index (χ2n) is 5.86. The van der Waals surface area contributed by atoms with Gasteiger partial charge in [0.1, 0.15) is 11.5 Å². The Balaban J connectivity index is 2.37. The van der Waals surface area contributed by atoms with Gasteiger partial charge in [0.15, 0.2) is 0 Å². The normalized spacial score (nSPS) is 12.1. The standard InChI is InChI=1S/C18H22O2Si/c1-19-17-12-10-16(11-13-17)18(20-21(2,3)4)14-15-8-6-5-7-9-15/h5-14H,1-4H3/b18-14-. The molecule has 0 aromatic heterocycles. The maximum Gasteiger partial charge on any atom is 0.242 e. The van der Waals surface area contributed by atoms with Crippen LogP contribution in [-0.2, 0) is 4.43 Å². The SMILES string of the molecule is COc1ccc(/C(=C/c2ccccc2)O[Si](C)(C)C)cc1. The van der Waals surface area contributed by atoms with E-state index in [-0.39, 0.29) is 0 Å². The molecule has 2 aromatic rings. The Morgan fingerprint density at radius 1 is 0.905 bits per heavy atom. The minimum absolute atomic E-state index is 0.853. The lowest BCUT2D eigenvalue weighted by Gasteiger charge is -2.22. The van der Waals surface area contributed by atoms with Crippen molar-refractivity contribution in [1.82, 2.24) is 0 Å². The molecule has 2 nitrogen and oxygen atoms in total. The van der Waals surface area contributed by atoms with Gasteiger partial charge in [-0.2, -0.15) is 0 Å². The van der Waals surface area contributed by atoms with Gasteiger partial charge in [0, 0.05) is 5.56 Å². The maximum atomic E-state index is 6.26. The molecule has 0 atom stereocenters. The summed E-state index contributed by atoms with van der Waals surface area (Å²) in [5.41, 5.74) is 2.21. The Kier molecular flexibility index (Phi) is 4.86.